The largest absolute Gasteiger partial charge is 0.355 e. The van der Waals surface area contributed by atoms with Crippen LogP contribution in [0.1, 0.15) is 25.7 Å². The number of alkyl halides is 1. The molecule has 1 N–H and O–H groups in total. The van der Waals surface area contributed by atoms with Crippen LogP contribution in [0, 0.1) is 0 Å². The van der Waals surface area contributed by atoms with E-state index in [-0.39, 0.29) is 11.2 Å². The fraction of sp³-hybridized carbons (Fsp3) is 0.889. The molecule has 0 aliphatic carbocycles. The molecular weight excluding hydrogens is 250 g/mol. The van der Waals surface area contributed by atoms with E-state index in [0.717, 1.165) is 30.5 Å². The van der Waals surface area contributed by atoms with E-state index in [0.29, 0.717) is 0 Å². The van der Waals surface area contributed by atoms with E-state index < -0.39 is 0 Å². The molecule has 0 bridgehead atoms. The zero-order valence-electron chi connectivity index (χ0n) is 7.72. The maximum atomic E-state index is 11.5. The van der Waals surface area contributed by atoms with Gasteiger partial charge < -0.3 is 5.32 Å². The topological polar surface area (TPSA) is 29.1 Å². The average molecular weight is 266 g/mol. The van der Waals surface area contributed by atoms with Gasteiger partial charge in [-0.25, -0.2) is 0 Å². The van der Waals surface area contributed by atoms with E-state index in [1.165, 1.54) is 12.8 Å². The first-order valence-corrected chi connectivity index (χ1v) is 6.97. The second-order valence-electron chi connectivity index (χ2n) is 3.19. The molecule has 1 amide bonds. The van der Waals surface area contributed by atoms with Crippen LogP contribution >= 0.6 is 27.7 Å². The molecule has 13 heavy (non-hydrogen) atoms. The van der Waals surface area contributed by atoms with Gasteiger partial charge in [0.1, 0.15) is 0 Å². The molecule has 1 unspecified atom stereocenters. The van der Waals surface area contributed by atoms with Crippen molar-refractivity contribution in [1.82, 2.24) is 5.32 Å². The highest BCUT2D eigenvalue weighted by Gasteiger charge is 2.20. The normalized spacial score (nSPS) is 22.7. The predicted molar refractivity (Wildman–Crippen MR) is 61.5 cm³/mol. The maximum Gasteiger partial charge on any atom is 0.233 e. The molecule has 0 aromatic carbocycles. The van der Waals surface area contributed by atoms with Gasteiger partial charge in [-0.1, -0.05) is 22.4 Å². The van der Waals surface area contributed by atoms with Crippen molar-refractivity contribution in [3.05, 3.63) is 0 Å². The molecule has 0 aromatic heterocycles. The van der Waals surface area contributed by atoms with E-state index in [2.05, 4.69) is 21.2 Å². The Balaban J connectivity index is 2.13. The molecule has 4 heteroatoms. The first-order valence-electron chi connectivity index (χ1n) is 4.80. The highest BCUT2D eigenvalue weighted by atomic mass is 79.9. The van der Waals surface area contributed by atoms with Crippen LogP contribution in [-0.4, -0.2) is 28.8 Å². The van der Waals surface area contributed by atoms with Crippen molar-refractivity contribution >= 4 is 33.6 Å². The van der Waals surface area contributed by atoms with Crippen molar-refractivity contribution in [2.24, 2.45) is 0 Å². The minimum atomic E-state index is 0.226. The summed E-state index contributed by atoms with van der Waals surface area (Å²) < 4.78 is 0. The third-order valence-electron chi connectivity index (χ3n) is 2.08. The molecule has 1 aliphatic rings. The molecule has 1 aliphatic heterocycles. The number of halogens is 1. The molecule has 76 valence electrons. The third-order valence-corrected chi connectivity index (χ3v) is 4.02. The van der Waals surface area contributed by atoms with E-state index >= 15 is 0 Å². The van der Waals surface area contributed by atoms with Gasteiger partial charge in [0.15, 0.2) is 0 Å². The number of thioether (sulfide) groups is 1. The zero-order valence-corrected chi connectivity index (χ0v) is 10.1. The van der Waals surface area contributed by atoms with Gasteiger partial charge in [0, 0.05) is 11.9 Å². The van der Waals surface area contributed by atoms with Crippen LogP contribution in [0.3, 0.4) is 0 Å². The van der Waals surface area contributed by atoms with Crippen LogP contribution in [0.25, 0.3) is 0 Å². The Hall–Kier alpha value is 0.300. The first kappa shape index (κ1) is 11.4. The summed E-state index contributed by atoms with van der Waals surface area (Å²) in [4.78, 5) is 11.5. The lowest BCUT2D eigenvalue weighted by Crippen LogP contribution is -2.34. The van der Waals surface area contributed by atoms with Gasteiger partial charge in [0.25, 0.3) is 0 Å². The van der Waals surface area contributed by atoms with Crippen LogP contribution in [0.15, 0.2) is 0 Å². The molecule has 0 aromatic rings. The molecule has 1 fully saturated rings. The van der Waals surface area contributed by atoms with Crippen LogP contribution in [0.5, 0.6) is 0 Å². The van der Waals surface area contributed by atoms with Crippen LogP contribution in [0.2, 0.25) is 0 Å². The molecule has 1 rings (SSSR count). The Labute approximate surface area is 92.4 Å². The van der Waals surface area contributed by atoms with Gasteiger partial charge in [-0.3, -0.25) is 4.79 Å². The summed E-state index contributed by atoms with van der Waals surface area (Å²) in [5, 5.41) is 4.15. The highest BCUT2D eigenvalue weighted by Crippen LogP contribution is 2.24. The molecular formula is C9H16BrNOS. The third kappa shape index (κ3) is 4.36. The molecule has 1 heterocycles. The van der Waals surface area contributed by atoms with Gasteiger partial charge in [-0.05, 0) is 25.0 Å². The lowest BCUT2D eigenvalue weighted by molar-refractivity contribution is -0.120. The Kier molecular flexibility index (Phi) is 5.87. The number of rotatable bonds is 4. The Bertz CT molecular complexity index is 160. The van der Waals surface area contributed by atoms with Crippen molar-refractivity contribution in [2.45, 2.75) is 30.9 Å². The van der Waals surface area contributed by atoms with E-state index in [1.807, 2.05) is 0 Å². The number of hydrogen-bond donors (Lipinski definition) is 1. The second-order valence-corrected chi connectivity index (χ2v) is 5.29. The Morgan fingerprint density at radius 2 is 2.38 bits per heavy atom. The summed E-state index contributed by atoms with van der Waals surface area (Å²) >= 11 is 5.14. The van der Waals surface area contributed by atoms with Crippen LogP contribution < -0.4 is 5.32 Å². The number of carbonyl (C=O) groups is 1. The predicted octanol–water partition coefficient (Wildman–Crippen LogP) is 2.17. The summed E-state index contributed by atoms with van der Waals surface area (Å²) in [5.41, 5.74) is 0. The summed E-state index contributed by atoms with van der Waals surface area (Å²) in [6.45, 7) is 0.807. The monoisotopic (exact) mass is 265 g/mol. The van der Waals surface area contributed by atoms with Gasteiger partial charge in [-0.2, -0.15) is 0 Å². The standard InChI is InChI=1S/C9H16BrNOS/c10-5-3-6-11-9(12)8-4-1-2-7-13-8/h8H,1-7H2,(H,11,12). The lowest BCUT2D eigenvalue weighted by atomic mass is 10.2. The smallest absolute Gasteiger partial charge is 0.233 e. The molecule has 0 spiro atoms. The van der Waals surface area contributed by atoms with Crippen molar-refractivity contribution in [3.8, 4) is 0 Å². The molecule has 1 atom stereocenters. The quantitative estimate of drug-likeness (QED) is 0.624. The molecule has 2 nitrogen and oxygen atoms in total. The fourth-order valence-electron chi connectivity index (χ4n) is 1.34. The SMILES string of the molecule is O=C(NCCCBr)C1CCCCS1. The molecule has 1 saturated heterocycles. The summed E-state index contributed by atoms with van der Waals surface area (Å²) in [6, 6.07) is 0. The Morgan fingerprint density at radius 1 is 1.54 bits per heavy atom. The van der Waals surface area contributed by atoms with Crippen molar-refractivity contribution in [3.63, 3.8) is 0 Å². The lowest BCUT2D eigenvalue weighted by Gasteiger charge is -2.20. The Morgan fingerprint density at radius 3 is 3.00 bits per heavy atom. The van der Waals surface area contributed by atoms with Gasteiger partial charge >= 0.3 is 0 Å². The molecule has 0 saturated carbocycles. The summed E-state index contributed by atoms with van der Waals surface area (Å²) in [6.07, 6.45) is 4.56. The second kappa shape index (κ2) is 6.71. The number of hydrogen-bond acceptors (Lipinski definition) is 2. The van der Waals surface area contributed by atoms with Crippen molar-refractivity contribution < 1.29 is 4.79 Å². The maximum absolute atomic E-state index is 11.5. The van der Waals surface area contributed by atoms with E-state index in [9.17, 15) is 4.79 Å². The number of nitrogens with one attached hydrogen (secondary N) is 1. The zero-order chi connectivity index (χ0) is 9.52. The van der Waals surface area contributed by atoms with E-state index in [4.69, 9.17) is 0 Å². The first-order chi connectivity index (χ1) is 6.34. The van der Waals surface area contributed by atoms with Crippen LogP contribution in [0.4, 0.5) is 0 Å². The minimum Gasteiger partial charge on any atom is -0.355 e. The van der Waals surface area contributed by atoms with Gasteiger partial charge in [-0.15, -0.1) is 11.8 Å². The minimum absolute atomic E-state index is 0.226. The average Bonchev–Trinajstić information content (AvgIpc) is 2.19. The van der Waals surface area contributed by atoms with Gasteiger partial charge in [0.2, 0.25) is 5.91 Å². The number of carbonyl (C=O) groups excluding carboxylic acids is 1. The van der Waals surface area contributed by atoms with E-state index in [1.54, 1.807) is 11.8 Å². The highest BCUT2D eigenvalue weighted by molar-refractivity contribution is 9.09. The summed E-state index contributed by atoms with van der Waals surface area (Å²) in [7, 11) is 0. The fourth-order valence-corrected chi connectivity index (χ4v) is 2.84. The number of amides is 1. The van der Waals surface area contributed by atoms with Crippen molar-refractivity contribution in [1.29, 1.82) is 0 Å². The van der Waals surface area contributed by atoms with Crippen molar-refractivity contribution in [2.75, 3.05) is 17.6 Å². The molecule has 0 radical (unpaired) electrons. The van der Waals surface area contributed by atoms with Gasteiger partial charge in [0.05, 0.1) is 5.25 Å². The summed E-state index contributed by atoms with van der Waals surface area (Å²) in [5.74, 6) is 1.39. The van der Waals surface area contributed by atoms with Crippen LogP contribution in [-0.2, 0) is 4.79 Å².